The number of β-amino-alcohol motifs (C(OH)–C–C–N with tert-alkyl or cyclic N) is 1. The Hall–Kier alpha value is -0.810. The summed E-state index contributed by atoms with van der Waals surface area (Å²) in [6.45, 7) is 8.76. The highest BCUT2D eigenvalue weighted by Crippen LogP contribution is 2.11. The topological polar surface area (TPSA) is 61.8 Å². The predicted octanol–water partition coefficient (Wildman–Crippen LogP) is 1.60. The average Bonchev–Trinajstić information content (AvgIpc) is 2.37. The van der Waals surface area contributed by atoms with Crippen molar-refractivity contribution in [3.05, 3.63) is 0 Å². The van der Waals surface area contributed by atoms with Crippen LogP contribution in [0.25, 0.3) is 0 Å². The minimum atomic E-state index is -0.369. The van der Waals surface area contributed by atoms with Gasteiger partial charge in [-0.15, -0.1) is 0 Å². The summed E-state index contributed by atoms with van der Waals surface area (Å²) >= 11 is 0. The van der Waals surface area contributed by atoms with E-state index >= 15 is 0 Å². The summed E-state index contributed by atoms with van der Waals surface area (Å²) in [4.78, 5) is 13.6. The minimum absolute atomic E-state index is 0.0715. The first-order chi connectivity index (χ1) is 9.04. The van der Waals surface area contributed by atoms with Gasteiger partial charge in [0.2, 0.25) is 0 Å². The van der Waals surface area contributed by atoms with Crippen LogP contribution in [0.3, 0.4) is 0 Å². The summed E-state index contributed by atoms with van der Waals surface area (Å²) in [6, 6.07) is -0.0715. The van der Waals surface area contributed by atoms with Gasteiger partial charge in [0.05, 0.1) is 12.2 Å². The molecule has 2 amide bonds. The van der Waals surface area contributed by atoms with Crippen LogP contribution in [0.1, 0.15) is 40.0 Å². The number of aliphatic hydroxyl groups is 1. The van der Waals surface area contributed by atoms with Gasteiger partial charge in [-0.2, -0.15) is 0 Å². The summed E-state index contributed by atoms with van der Waals surface area (Å²) in [5.41, 5.74) is 0. The van der Waals surface area contributed by atoms with Crippen molar-refractivity contribution < 1.29 is 14.6 Å². The zero-order chi connectivity index (χ0) is 14.3. The number of nitrogens with one attached hydrogen (secondary N) is 1. The highest BCUT2D eigenvalue weighted by Gasteiger charge is 2.22. The number of hydrogen-bond donors (Lipinski definition) is 2. The van der Waals surface area contributed by atoms with Crippen molar-refractivity contribution >= 4 is 6.03 Å². The maximum Gasteiger partial charge on any atom is 0.317 e. The molecule has 0 aromatic rings. The first kappa shape index (κ1) is 16.2. The zero-order valence-corrected chi connectivity index (χ0v) is 12.4. The fraction of sp³-hybridized carbons (Fsp3) is 0.929. The third-order valence-electron chi connectivity index (χ3n) is 3.51. The van der Waals surface area contributed by atoms with Gasteiger partial charge < -0.3 is 20.1 Å². The van der Waals surface area contributed by atoms with Crippen LogP contribution < -0.4 is 5.32 Å². The lowest BCUT2D eigenvalue weighted by Crippen LogP contribution is -2.47. The van der Waals surface area contributed by atoms with Crippen molar-refractivity contribution in [2.75, 3.05) is 26.2 Å². The molecule has 1 saturated heterocycles. The van der Waals surface area contributed by atoms with E-state index < -0.39 is 0 Å². The number of likely N-dealkylation sites (tertiary alicyclic amines) is 1. The van der Waals surface area contributed by atoms with E-state index in [9.17, 15) is 9.90 Å². The standard InChI is InChI=1S/C14H28N2O3/c1-4-19-13(11(2)3)7-8-15-14(18)16-9-5-6-12(17)10-16/h11-13,17H,4-10H2,1-3H3,(H,15,18). The summed E-state index contributed by atoms with van der Waals surface area (Å²) < 4.78 is 5.64. The van der Waals surface area contributed by atoms with Gasteiger partial charge >= 0.3 is 6.03 Å². The molecule has 0 saturated carbocycles. The van der Waals surface area contributed by atoms with Crippen LogP contribution in [-0.4, -0.2) is 54.5 Å². The van der Waals surface area contributed by atoms with Gasteiger partial charge in [-0.1, -0.05) is 13.8 Å². The van der Waals surface area contributed by atoms with Crippen LogP contribution in [-0.2, 0) is 4.74 Å². The number of carbonyl (C=O) groups excluding carboxylic acids is 1. The fourth-order valence-corrected chi connectivity index (χ4v) is 2.40. The second kappa shape index (κ2) is 8.38. The molecule has 112 valence electrons. The maximum absolute atomic E-state index is 11.9. The van der Waals surface area contributed by atoms with E-state index in [-0.39, 0.29) is 18.2 Å². The van der Waals surface area contributed by atoms with Crippen LogP contribution in [0, 0.1) is 5.92 Å². The van der Waals surface area contributed by atoms with Gasteiger partial charge in [0.15, 0.2) is 0 Å². The molecular weight excluding hydrogens is 244 g/mol. The molecule has 1 heterocycles. The molecule has 1 aliphatic heterocycles. The Balaban J connectivity index is 2.25. The smallest absolute Gasteiger partial charge is 0.317 e. The number of nitrogens with zero attached hydrogens (tertiary/aromatic N) is 1. The Morgan fingerprint density at radius 2 is 2.26 bits per heavy atom. The Labute approximate surface area is 116 Å². The van der Waals surface area contributed by atoms with Crippen molar-refractivity contribution in [1.29, 1.82) is 0 Å². The molecule has 1 rings (SSSR count). The van der Waals surface area contributed by atoms with Crippen LogP contribution in [0.15, 0.2) is 0 Å². The van der Waals surface area contributed by atoms with Crippen molar-refractivity contribution in [1.82, 2.24) is 10.2 Å². The molecule has 5 heteroatoms. The van der Waals surface area contributed by atoms with E-state index in [2.05, 4.69) is 19.2 Å². The summed E-state index contributed by atoms with van der Waals surface area (Å²) in [7, 11) is 0. The molecule has 0 aromatic heterocycles. The van der Waals surface area contributed by atoms with Crippen molar-refractivity contribution in [3.63, 3.8) is 0 Å². The number of amides is 2. The molecule has 0 spiro atoms. The number of aliphatic hydroxyl groups excluding tert-OH is 1. The molecule has 2 unspecified atom stereocenters. The monoisotopic (exact) mass is 272 g/mol. The Bertz CT molecular complexity index is 271. The molecule has 0 aliphatic carbocycles. The van der Waals surface area contributed by atoms with E-state index in [1.807, 2.05) is 6.92 Å². The second-order valence-electron chi connectivity index (χ2n) is 5.50. The molecule has 1 aliphatic rings. The highest BCUT2D eigenvalue weighted by atomic mass is 16.5. The fourth-order valence-electron chi connectivity index (χ4n) is 2.40. The molecule has 1 fully saturated rings. The number of urea groups is 1. The van der Waals surface area contributed by atoms with E-state index in [0.29, 0.717) is 25.6 Å². The molecular formula is C14H28N2O3. The summed E-state index contributed by atoms with van der Waals surface area (Å²) in [5.74, 6) is 0.452. The molecule has 19 heavy (non-hydrogen) atoms. The molecule has 0 radical (unpaired) electrons. The van der Waals surface area contributed by atoms with Crippen molar-refractivity contribution in [3.8, 4) is 0 Å². The van der Waals surface area contributed by atoms with Crippen molar-refractivity contribution in [2.24, 2.45) is 5.92 Å². The van der Waals surface area contributed by atoms with Gasteiger partial charge in [-0.3, -0.25) is 0 Å². The quantitative estimate of drug-likeness (QED) is 0.772. The second-order valence-corrected chi connectivity index (χ2v) is 5.50. The lowest BCUT2D eigenvalue weighted by atomic mass is 10.0. The molecule has 5 nitrogen and oxygen atoms in total. The van der Waals surface area contributed by atoms with Crippen molar-refractivity contribution in [2.45, 2.75) is 52.2 Å². The van der Waals surface area contributed by atoms with E-state index in [0.717, 1.165) is 25.8 Å². The Kier molecular flexibility index (Phi) is 7.16. The van der Waals surface area contributed by atoms with Gasteiger partial charge in [-0.25, -0.2) is 4.79 Å². The number of piperidine rings is 1. The Morgan fingerprint density at radius 3 is 2.84 bits per heavy atom. The largest absolute Gasteiger partial charge is 0.391 e. The van der Waals surface area contributed by atoms with Gasteiger partial charge in [-0.05, 0) is 32.1 Å². The zero-order valence-electron chi connectivity index (χ0n) is 12.4. The normalized spacial score (nSPS) is 21.5. The first-order valence-electron chi connectivity index (χ1n) is 7.37. The third kappa shape index (κ3) is 5.78. The lowest BCUT2D eigenvalue weighted by Gasteiger charge is -2.30. The Morgan fingerprint density at radius 1 is 1.53 bits per heavy atom. The predicted molar refractivity (Wildman–Crippen MR) is 75.1 cm³/mol. The molecule has 0 aromatic carbocycles. The van der Waals surface area contributed by atoms with Gasteiger partial charge in [0.1, 0.15) is 0 Å². The van der Waals surface area contributed by atoms with Crippen LogP contribution in [0.4, 0.5) is 4.79 Å². The highest BCUT2D eigenvalue weighted by molar-refractivity contribution is 5.74. The first-order valence-corrected chi connectivity index (χ1v) is 7.37. The summed E-state index contributed by atoms with van der Waals surface area (Å²) in [5, 5.41) is 12.5. The lowest BCUT2D eigenvalue weighted by molar-refractivity contribution is 0.0250. The molecule has 2 atom stereocenters. The summed E-state index contributed by atoms with van der Waals surface area (Å²) in [6.07, 6.45) is 2.32. The number of ether oxygens (including phenoxy) is 1. The SMILES string of the molecule is CCOC(CCNC(=O)N1CCCC(O)C1)C(C)C. The number of carbonyl (C=O) groups is 1. The molecule has 0 bridgehead atoms. The number of rotatable bonds is 6. The number of hydrogen-bond acceptors (Lipinski definition) is 3. The minimum Gasteiger partial charge on any atom is -0.391 e. The van der Waals surface area contributed by atoms with E-state index in [4.69, 9.17) is 4.74 Å². The average molecular weight is 272 g/mol. The van der Waals surface area contributed by atoms with Crippen LogP contribution >= 0.6 is 0 Å². The van der Waals surface area contributed by atoms with Crippen LogP contribution in [0.2, 0.25) is 0 Å². The van der Waals surface area contributed by atoms with E-state index in [1.54, 1.807) is 4.90 Å². The van der Waals surface area contributed by atoms with Gasteiger partial charge in [0, 0.05) is 26.2 Å². The van der Waals surface area contributed by atoms with E-state index in [1.165, 1.54) is 0 Å². The third-order valence-corrected chi connectivity index (χ3v) is 3.51. The van der Waals surface area contributed by atoms with Crippen LogP contribution in [0.5, 0.6) is 0 Å². The van der Waals surface area contributed by atoms with Gasteiger partial charge in [0.25, 0.3) is 0 Å². The maximum atomic E-state index is 11.9. The molecule has 2 N–H and O–H groups in total.